The number of halogens is 1. The van der Waals surface area contributed by atoms with Crippen LogP contribution in [0.25, 0.3) is 11.1 Å². The highest BCUT2D eigenvalue weighted by Gasteiger charge is 2.32. The lowest BCUT2D eigenvalue weighted by Crippen LogP contribution is -2.10. The summed E-state index contributed by atoms with van der Waals surface area (Å²) in [6, 6.07) is 22.3. The zero-order valence-corrected chi connectivity index (χ0v) is 14.3. The van der Waals surface area contributed by atoms with E-state index in [2.05, 4.69) is 46.9 Å². The molecule has 0 radical (unpaired) electrons. The van der Waals surface area contributed by atoms with Gasteiger partial charge in [-0.25, -0.2) is 4.79 Å². The fraction of sp³-hybridized carbons (Fsp3) is 0.0500. The number of carbonyl (C=O) groups is 1. The Kier molecular flexibility index (Phi) is 3.45. The molecule has 4 rings (SSSR count). The molecular weight excluding hydrogens is 399 g/mol. The van der Waals surface area contributed by atoms with Gasteiger partial charge in [0.25, 0.3) is 0 Å². The van der Waals surface area contributed by atoms with E-state index in [1.165, 1.54) is 22.3 Å². The minimum atomic E-state index is -0.869. The third-order valence-corrected chi connectivity index (χ3v) is 5.30. The second-order valence-electron chi connectivity index (χ2n) is 5.62. The third kappa shape index (κ3) is 2.18. The van der Waals surface area contributed by atoms with Crippen molar-refractivity contribution in [2.24, 2.45) is 0 Å². The van der Waals surface area contributed by atoms with Crippen LogP contribution >= 0.6 is 22.6 Å². The molecule has 0 saturated heterocycles. The molecule has 23 heavy (non-hydrogen) atoms. The van der Waals surface area contributed by atoms with Gasteiger partial charge in [-0.1, -0.05) is 60.7 Å². The minimum Gasteiger partial charge on any atom is -0.478 e. The number of hydrogen-bond acceptors (Lipinski definition) is 1. The van der Waals surface area contributed by atoms with Crippen LogP contribution in [-0.2, 0) is 0 Å². The Bertz CT molecular complexity index is 885. The van der Waals surface area contributed by atoms with Crippen molar-refractivity contribution >= 4 is 28.6 Å². The van der Waals surface area contributed by atoms with E-state index in [9.17, 15) is 9.90 Å². The van der Waals surface area contributed by atoms with Crippen molar-refractivity contribution in [1.82, 2.24) is 0 Å². The van der Waals surface area contributed by atoms with E-state index in [4.69, 9.17) is 0 Å². The molecule has 0 atom stereocenters. The molecule has 1 aliphatic rings. The van der Waals surface area contributed by atoms with Crippen molar-refractivity contribution in [3.8, 4) is 11.1 Å². The Labute approximate surface area is 147 Å². The smallest absolute Gasteiger partial charge is 0.337 e. The fourth-order valence-electron chi connectivity index (χ4n) is 3.50. The van der Waals surface area contributed by atoms with E-state index in [-0.39, 0.29) is 5.92 Å². The first-order valence-electron chi connectivity index (χ1n) is 7.38. The summed E-state index contributed by atoms with van der Waals surface area (Å²) < 4.78 is 0.773. The molecule has 3 heteroatoms. The monoisotopic (exact) mass is 412 g/mol. The van der Waals surface area contributed by atoms with E-state index in [0.29, 0.717) is 5.56 Å². The zero-order chi connectivity index (χ0) is 16.0. The van der Waals surface area contributed by atoms with Crippen molar-refractivity contribution in [3.05, 3.63) is 92.6 Å². The maximum atomic E-state index is 11.8. The molecule has 0 saturated carbocycles. The highest BCUT2D eigenvalue weighted by atomic mass is 127. The van der Waals surface area contributed by atoms with Gasteiger partial charge in [0.15, 0.2) is 0 Å². The maximum absolute atomic E-state index is 11.8. The molecular formula is C20H13IO2. The highest BCUT2D eigenvalue weighted by molar-refractivity contribution is 14.1. The molecule has 0 fully saturated rings. The van der Waals surface area contributed by atoms with Crippen LogP contribution in [0.15, 0.2) is 66.7 Å². The summed E-state index contributed by atoms with van der Waals surface area (Å²) in [7, 11) is 0. The highest BCUT2D eigenvalue weighted by Crippen LogP contribution is 2.48. The number of hydrogen-bond donors (Lipinski definition) is 1. The average molecular weight is 412 g/mol. The number of carboxylic acid groups (broad SMARTS) is 1. The van der Waals surface area contributed by atoms with Gasteiger partial charge < -0.3 is 5.11 Å². The summed E-state index contributed by atoms with van der Waals surface area (Å²) in [5, 5.41) is 9.70. The van der Waals surface area contributed by atoms with Crippen LogP contribution in [0.3, 0.4) is 0 Å². The summed E-state index contributed by atoms with van der Waals surface area (Å²) in [4.78, 5) is 11.8. The van der Waals surface area contributed by atoms with Gasteiger partial charge in [0.05, 0.1) is 5.56 Å². The first-order chi connectivity index (χ1) is 11.2. The van der Waals surface area contributed by atoms with Crippen molar-refractivity contribution in [1.29, 1.82) is 0 Å². The van der Waals surface area contributed by atoms with Crippen LogP contribution < -0.4 is 0 Å². The summed E-state index contributed by atoms with van der Waals surface area (Å²) in [5.74, 6) is -0.893. The molecule has 1 aliphatic carbocycles. The summed E-state index contributed by atoms with van der Waals surface area (Å²) in [5.41, 5.74) is 6.02. The Morgan fingerprint density at radius 2 is 1.30 bits per heavy atom. The van der Waals surface area contributed by atoms with E-state index >= 15 is 0 Å². The normalized spacial score (nSPS) is 12.7. The topological polar surface area (TPSA) is 37.3 Å². The largest absolute Gasteiger partial charge is 0.478 e. The second-order valence-corrected chi connectivity index (χ2v) is 6.78. The van der Waals surface area contributed by atoms with Gasteiger partial charge in [-0.2, -0.15) is 0 Å². The molecule has 0 aliphatic heterocycles. The summed E-state index contributed by atoms with van der Waals surface area (Å²) >= 11 is 2.11. The molecule has 0 bridgehead atoms. The molecule has 0 amide bonds. The molecule has 0 spiro atoms. The number of fused-ring (bicyclic) bond motifs is 3. The molecule has 0 heterocycles. The van der Waals surface area contributed by atoms with E-state index in [0.717, 1.165) is 9.13 Å². The van der Waals surface area contributed by atoms with E-state index in [1.807, 2.05) is 42.5 Å². The SMILES string of the molecule is O=C(O)c1c(I)cccc1C1c2ccccc2-c2ccccc21. The van der Waals surface area contributed by atoms with Gasteiger partial charge >= 0.3 is 5.97 Å². The van der Waals surface area contributed by atoms with Crippen molar-refractivity contribution in [2.45, 2.75) is 5.92 Å². The van der Waals surface area contributed by atoms with Crippen LogP contribution in [0.2, 0.25) is 0 Å². The first-order valence-corrected chi connectivity index (χ1v) is 8.46. The number of aromatic carboxylic acids is 1. The van der Waals surface area contributed by atoms with Crippen molar-refractivity contribution in [2.75, 3.05) is 0 Å². The maximum Gasteiger partial charge on any atom is 0.337 e. The lowest BCUT2D eigenvalue weighted by Gasteiger charge is -2.17. The number of carboxylic acids is 1. The predicted molar refractivity (Wildman–Crippen MR) is 98.9 cm³/mol. The van der Waals surface area contributed by atoms with Gasteiger partial charge in [-0.05, 0) is 56.5 Å². The van der Waals surface area contributed by atoms with E-state index < -0.39 is 5.97 Å². The Morgan fingerprint density at radius 3 is 1.87 bits per heavy atom. The standard InChI is InChI=1S/C20H13IO2/c21-17-11-5-10-16(19(17)20(22)23)18-14-8-3-1-6-12(14)13-7-2-4-9-15(13)18/h1-11,18H,(H,22,23). The van der Waals surface area contributed by atoms with E-state index in [1.54, 1.807) is 0 Å². The molecule has 3 aromatic rings. The minimum absolute atomic E-state index is 0.0248. The van der Waals surface area contributed by atoms with Crippen molar-refractivity contribution < 1.29 is 9.90 Å². The van der Waals surface area contributed by atoms with Gasteiger partial charge in [-0.15, -0.1) is 0 Å². The predicted octanol–water partition coefficient (Wildman–Crippen LogP) is 5.15. The summed E-state index contributed by atoms with van der Waals surface area (Å²) in [6.45, 7) is 0. The lowest BCUT2D eigenvalue weighted by molar-refractivity contribution is 0.0694. The van der Waals surface area contributed by atoms with Crippen LogP contribution in [0.1, 0.15) is 33.0 Å². The van der Waals surface area contributed by atoms with Crippen LogP contribution in [0.5, 0.6) is 0 Å². The molecule has 2 nitrogen and oxygen atoms in total. The number of rotatable bonds is 2. The van der Waals surface area contributed by atoms with Crippen LogP contribution in [0, 0.1) is 3.57 Å². The zero-order valence-electron chi connectivity index (χ0n) is 12.2. The lowest BCUT2D eigenvalue weighted by atomic mass is 9.86. The molecule has 0 aromatic heterocycles. The van der Waals surface area contributed by atoms with Gasteiger partial charge in [-0.3, -0.25) is 0 Å². The molecule has 1 N–H and O–H groups in total. The van der Waals surface area contributed by atoms with Gasteiger partial charge in [0.2, 0.25) is 0 Å². The first kappa shape index (κ1) is 14.5. The molecule has 112 valence electrons. The Hall–Kier alpha value is -2.14. The second kappa shape index (κ2) is 5.49. The van der Waals surface area contributed by atoms with Gasteiger partial charge in [0, 0.05) is 9.49 Å². The third-order valence-electron chi connectivity index (χ3n) is 4.40. The quantitative estimate of drug-likeness (QED) is 0.463. The molecule has 0 unspecified atom stereocenters. The summed E-state index contributed by atoms with van der Waals surface area (Å²) in [6.07, 6.45) is 0. The van der Waals surface area contributed by atoms with Crippen molar-refractivity contribution in [3.63, 3.8) is 0 Å². The Balaban J connectivity index is 2.04. The number of benzene rings is 3. The average Bonchev–Trinajstić information content (AvgIpc) is 2.89. The van der Waals surface area contributed by atoms with Crippen LogP contribution in [0.4, 0.5) is 0 Å². The fourth-order valence-corrected chi connectivity index (χ4v) is 4.25. The Morgan fingerprint density at radius 1 is 0.783 bits per heavy atom. The van der Waals surface area contributed by atoms with Crippen LogP contribution in [-0.4, -0.2) is 11.1 Å². The van der Waals surface area contributed by atoms with Gasteiger partial charge in [0.1, 0.15) is 0 Å². The molecule has 3 aromatic carbocycles.